The molecule has 0 radical (unpaired) electrons. The van der Waals surface area contributed by atoms with Crippen molar-refractivity contribution in [3.8, 4) is 0 Å². The summed E-state index contributed by atoms with van der Waals surface area (Å²) in [5, 5.41) is 12.7. The molecule has 0 atom stereocenters. The van der Waals surface area contributed by atoms with E-state index in [2.05, 4.69) is 5.32 Å². The number of carbonyl (C=O) groups excluding carboxylic acids is 2. The Balaban J connectivity index is 2.93. The van der Waals surface area contributed by atoms with Gasteiger partial charge >= 0.3 is 12.2 Å². The number of amides is 3. The van der Waals surface area contributed by atoms with Crippen molar-refractivity contribution < 1.29 is 29.1 Å². The Morgan fingerprint density at radius 2 is 1.74 bits per heavy atom. The van der Waals surface area contributed by atoms with Gasteiger partial charge in [-0.2, -0.15) is 0 Å². The molecule has 0 aliphatic carbocycles. The van der Waals surface area contributed by atoms with Crippen molar-refractivity contribution in [1.82, 2.24) is 15.3 Å². The number of likely N-dealkylation sites (tertiary alicyclic amines) is 1. The van der Waals surface area contributed by atoms with E-state index in [1.165, 1.54) is 19.1 Å². The number of carboxylic acid groups (broad SMARTS) is 1. The summed E-state index contributed by atoms with van der Waals surface area (Å²) >= 11 is 0. The number of hydrogen-bond donors (Lipinski definition) is 2. The predicted octanol–water partition coefficient (Wildman–Crippen LogP) is 1.04. The molecule has 132 valence electrons. The van der Waals surface area contributed by atoms with E-state index in [1.54, 1.807) is 20.8 Å². The van der Waals surface area contributed by atoms with Crippen molar-refractivity contribution >= 4 is 18.1 Å². The van der Waals surface area contributed by atoms with Crippen LogP contribution >= 0.6 is 0 Å². The zero-order valence-corrected chi connectivity index (χ0v) is 14.2. The molecule has 0 spiro atoms. The molecule has 1 saturated heterocycles. The van der Waals surface area contributed by atoms with Gasteiger partial charge in [0, 0.05) is 20.1 Å². The Morgan fingerprint density at radius 1 is 1.22 bits per heavy atom. The van der Waals surface area contributed by atoms with Gasteiger partial charge in [-0.05, 0) is 33.6 Å². The third-order valence-corrected chi connectivity index (χ3v) is 3.60. The Bertz CT molecular complexity index is 466. The maximum Gasteiger partial charge on any atom is 0.408 e. The zero-order chi connectivity index (χ0) is 17.8. The van der Waals surface area contributed by atoms with Gasteiger partial charge in [-0.25, -0.2) is 14.7 Å². The highest BCUT2D eigenvalue weighted by molar-refractivity contribution is 5.89. The summed E-state index contributed by atoms with van der Waals surface area (Å²) in [5.74, 6) is -0.448. The fourth-order valence-electron chi connectivity index (χ4n) is 2.36. The second-order valence-corrected chi connectivity index (χ2v) is 6.46. The topological polar surface area (TPSA) is 108 Å². The number of rotatable bonds is 3. The molecule has 9 heteroatoms. The molecule has 1 fully saturated rings. The van der Waals surface area contributed by atoms with Crippen LogP contribution in [0.5, 0.6) is 0 Å². The second kappa shape index (κ2) is 7.03. The highest BCUT2D eigenvalue weighted by Crippen LogP contribution is 2.25. The van der Waals surface area contributed by atoms with Gasteiger partial charge < -0.3 is 20.1 Å². The van der Waals surface area contributed by atoms with Crippen molar-refractivity contribution in [3.05, 3.63) is 0 Å². The number of ether oxygens (including phenoxy) is 1. The van der Waals surface area contributed by atoms with Gasteiger partial charge in [-0.1, -0.05) is 0 Å². The summed E-state index contributed by atoms with van der Waals surface area (Å²) in [7, 11) is 2.77. The first-order valence-corrected chi connectivity index (χ1v) is 7.32. The van der Waals surface area contributed by atoms with Crippen molar-refractivity contribution in [2.24, 2.45) is 0 Å². The first-order valence-electron chi connectivity index (χ1n) is 7.32. The van der Waals surface area contributed by atoms with Crippen LogP contribution in [-0.2, 0) is 14.4 Å². The quantitative estimate of drug-likeness (QED) is 0.748. The molecule has 23 heavy (non-hydrogen) atoms. The summed E-state index contributed by atoms with van der Waals surface area (Å²) in [6.07, 6.45) is -1.49. The van der Waals surface area contributed by atoms with Crippen molar-refractivity contribution in [3.63, 3.8) is 0 Å². The molecule has 1 aliphatic rings. The van der Waals surface area contributed by atoms with E-state index in [0.29, 0.717) is 0 Å². The molecule has 0 saturated carbocycles. The lowest BCUT2D eigenvalue weighted by atomic mass is 9.86. The molecule has 0 aromatic heterocycles. The molecule has 1 rings (SSSR count). The smallest absolute Gasteiger partial charge is 0.408 e. The Hall–Kier alpha value is -2.03. The van der Waals surface area contributed by atoms with Crippen LogP contribution in [-0.4, -0.2) is 71.6 Å². The van der Waals surface area contributed by atoms with Crippen molar-refractivity contribution in [2.45, 2.75) is 44.8 Å². The van der Waals surface area contributed by atoms with Crippen LogP contribution in [0.25, 0.3) is 0 Å². The third-order valence-electron chi connectivity index (χ3n) is 3.60. The maximum absolute atomic E-state index is 12.6. The molecular weight excluding hydrogens is 306 g/mol. The average molecular weight is 331 g/mol. The highest BCUT2D eigenvalue weighted by Gasteiger charge is 2.46. The van der Waals surface area contributed by atoms with E-state index < -0.39 is 29.2 Å². The average Bonchev–Trinajstić information content (AvgIpc) is 2.43. The van der Waals surface area contributed by atoms with E-state index >= 15 is 0 Å². The third kappa shape index (κ3) is 4.98. The number of piperidine rings is 1. The molecule has 3 amide bonds. The van der Waals surface area contributed by atoms with Gasteiger partial charge in [0.25, 0.3) is 5.91 Å². The predicted molar refractivity (Wildman–Crippen MR) is 80.7 cm³/mol. The summed E-state index contributed by atoms with van der Waals surface area (Å²) in [6, 6.07) is 0. The van der Waals surface area contributed by atoms with Gasteiger partial charge in [-0.15, -0.1) is 0 Å². The fourth-order valence-corrected chi connectivity index (χ4v) is 2.36. The molecular formula is C14H25N3O6. The highest BCUT2D eigenvalue weighted by atomic mass is 16.7. The van der Waals surface area contributed by atoms with Gasteiger partial charge in [0.15, 0.2) is 0 Å². The number of hydrogen-bond acceptors (Lipinski definition) is 5. The molecule has 2 N–H and O–H groups in total. The second-order valence-electron chi connectivity index (χ2n) is 6.46. The molecule has 9 nitrogen and oxygen atoms in total. The Kier molecular flexibility index (Phi) is 5.81. The minimum Gasteiger partial charge on any atom is -0.465 e. The Morgan fingerprint density at radius 3 is 2.13 bits per heavy atom. The number of carbonyl (C=O) groups is 3. The van der Waals surface area contributed by atoms with Crippen LogP contribution < -0.4 is 5.32 Å². The van der Waals surface area contributed by atoms with Crippen molar-refractivity contribution in [2.75, 3.05) is 27.2 Å². The van der Waals surface area contributed by atoms with Crippen LogP contribution in [0.1, 0.15) is 33.6 Å². The molecule has 1 heterocycles. The van der Waals surface area contributed by atoms with E-state index in [0.717, 1.165) is 5.06 Å². The minimum absolute atomic E-state index is 0.133. The van der Waals surface area contributed by atoms with E-state index in [4.69, 9.17) is 14.7 Å². The Labute approximate surface area is 135 Å². The zero-order valence-electron chi connectivity index (χ0n) is 14.2. The van der Waals surface area contributed by atoms with Gasteiger partial charge in [0.1, 0.15) is 11.1 Å². The summed E-state index contributed by atoms with van der Waals surface area (Å²) in [6.45, 7) is 5.42. The molecule has 0 aromatic rings. The number of nitrogens with one attached hydrogen (secondary N) is 1. The van der Waals surface area contributed by atoms with Crippen LogP contribution in [0.3, 0.4) is 0 Å². The molecule has 0 unspecified atom stereocenters. The van der Waals surface area contributed by atoms with Crippen LogP contribution in [0.15, 0.2) is 0 Å². The minimum atomic E-state index is -1.25. The maximum atomic E-state index is 12.6. The van der Waals surface area contributed by atoms with Gasteiger partial charge in [0.05, 0.1) is 7.11 Å². The van der Waals surface area contributed by atoms with Crippen molar-refractivity contribution in [1.29, 1.82) is 0 Å². The van der Waals surface area contributed by atoms with E-state index in [1.807, 2.05) is 0 Å². The number of nitrogens with zero attached hydrogens (tertiary/aromatic N) is 2. The first-order chi connectivity index (χ1) is 10.5. The molecule has 0 bridgehead atoms. The number of alkyl carbamates (subject to hydrolysis) is 1. The normalized spacial score (nSPS) is 17.3. The number of hydroxylamine groups is 2. The lowest BCUT2D eigenvalue weighted by Crippen LogP contribution is -2.64. The number of likely N-dealkylation sites (N-methyl/N-ethyl adjacent to an activating group) is 1. The lowest BCUT2D eigenvalue weighted by Gasteiger charge is -2.41. The summed E-state index contributed by atoms with van der Waals surface area (Å²) in [5.41, 5.74) is -1.96. The summed E-state index contributed by atoms with van der Waals surface area (Å²) in [4.78, 5) is 41.8. The van der Waals surface area contributed by atoms with Crippen LogP contribution in [0.2, 0.25) is 0 Å². The van der Waals surface area contributed by atoms with Crippen LogP contribution in [0.4, 0.5) is 9.59 Å². The van der Waals surface area contributed by atoms with Crippen LogP contribution in [0, 0.1) is 0 Å². The summed E-state index contributed by atoms with van der Waals surface area (Å²) < 4.78 is 5.21. The lowest BCUT2D eigenvalue weighted by molar-refractivity contribution is -0.178. The standard InChI is InChI=1S/C14H25N3O6/c1-13(2,3)23-11(19)15-14(10(18)16(4)22-5)6-8-17(9-7-14)12(20)21/h6-9H2,1-5H3,(H,15,19)(H,20,21). The monoisotopic (exact) mass is 331 g/mol. The molecule has 1 aliphatic heterocycles. The first kappa shape index (κ1) is 19.0. The fraction of sp³-hybridized carbons (Fsp3) is 0.786. The van der Waals surface area contributed by atoms with E-state index in [-0.39, 0.29) is 25.9 Å². The van der Waals surface area contributed by atoms with E-state index in [9.17, 15) is 14.4 Å². The van der Waals surface area contributed by atoms with Gasteiger partial charge in [0.2, 0.25) is 0 Å². The molecule has 0 aromatic carbocycles. The largest absolute Gasteiger partial charge is 0.465 e. The SMILES string of the molecule is CON(C)C(=O)C1(NC(=O)OC(C)(C)C)CCN(C(=O)O)CC1. The van der Waals surface area contributed by atoms with Gasteiger partial charge in [-0.3, -0.25) is 9.63 Å².